The van der Waals surface area contributed by atoms with Crippen molar-refractivity contribution in [3.63, 3.8) is 0 Å². The lowest BCUT2D eigenvalue weighted by Crippen LogP contribution is -2.07. The van der Waals surface area contributed by atoms with E-state index in [1.807, 2.05) is 6.92 Å². The number of nitrogens with one attached hydrogen (secondary N) is 1. The Hall–Kier alpha value is -2.15. The van der Waals surface area contributed by atoms with Crippen molar-refractivity contribution >= 4 is 15.5 Å². The molecule has 21 heavy (non-hydrogen) atoms. The van der Waals surface area contributed by atoms with Gasteiger partial charge in [-0.15, -0.1) is 6.58 Å². The summed E-state index contributed by atoms with van der Waals surface area (Å²) >= 11 is 0. The van der Waals surface area contributed by atoms with E-state index in [4.69, 9.17) is 4.52 Å². The molecule has 0 radical (unpaired) electrons. The van der Waals surface area contributed by atoms with E-state index in [-0.39, 0.29) is 10.6 Å². The molecular weight excluding hydrogens is 290 g/mol. The van der Waals surface area contributed by atoms with Crippen LogP contribution in [0.3, 0.4) is 0 Å². The molecule has 0 aliphatic heterocycles. The van der Waals surface area contributed by atoms with Gasteiger partial charge in [0.1, 0.15) is 0 Å². The first kappa shape index (κ1) is 15.2. The van der Waals surface area contributed by atoms with E-state index >= 15 is 0 Å². The Morgan fingerprint density at radius 2 is 2.14 bits per heavy atom. The van der Waals surface area contributed by atoms with Crippen molar-refractivity contribution in [3.05, 3.63) is 48.1 Å². The summed E-state index contributed by atoms with van der Waals surface area (Å²) in [5.41, 5.74) is 1.65. The summed E-state index contributed by atoms with van der Waals surface area (Å²) in [7, 11) is -3.34. The Morgan fingerprint density at radius 3 is 2.76 bits per heavy atom. The van der Waals surface area contributed by atoms with Gasteiger partial charge in [0.25, 0.3) is 0 Å². The molecular formula is C14H17N3O3S. The zero-order chi connectivity index (χ0) is 15.5. The quantitative estimate of drug-likeness (QED) is 0.824. The highest BCUT2D eigenvalue weighted by Crippen LogP contribution is 2.21. The molecule has 0 aliphatic rings. The third-order valence-corrected chi connectivity index (χ3v) is 4.55. The third-order valence-electron chi connectivity index (χ3n) is 2.91. The predicted molar refractivity (Wildman–Crippen MR) is 79.8 cm³/mol. The second kappa shape index (κ2) is 6.09. The Labute approximate surface area is 123 Å². The smallest absolute Gasteiger partial charge is 0.245 e. The number of benzene rings is 1. The van der Waals surface area contributed by atoms with E-state index in [1.54, 1.807) is 25.1 Å². The number of sulfone groups is 1. The summed E-state index contributed by atoms with van der Waals surface area (Å²) in [5.74, 6) is 0.926. The molecule has 6 nitrogen and oxygen atoms in total. The van der Waals surface area contributed by atoms with Crippen LogP contribution in [-0.2, 0) is 16.4 Å². The Bertz CT molecular complexity index is 751. The summed E-state index contributed by atoms with van der Waals surface area (Å²) in [5, 5.41) is 6.81. The van der Waals surface area contributed by atoms with Crippen LogP contribution in [0.4, 0.5) is 5.69 Å². The summed E-state index contributed by atoms with van der Waals surface area (Å²) in [6, 6.07) is 4.96. The molecule has 0 amide bonds. The second-order valence-electron chi connectivity index (χ2n) is 4.64. The molecule has 0 aliphatic carbocycles. The first-order valence-corrected chi connectivity index (χ1v) is 8.05. The maximum atomic E-state index is 12.0. The molecule has 0 spiro atoms. The fourth-order valence-electron chi connectivity index (χ4n) is 1.82. The topological polar surface area (TPSA) is 85.1 Å². The van der Waals surface area contributed by atoms with Crippen LogP contribution in [0.15, 0.2) is 40.3 Å². The van der Waals surface area contributed by atoms with Crippen LogP contribution in [0.1, 0.15) is 17.3 Å². The van der Waals surface area contributed by atoms with Gasteiger partial charge in [0, 0.05) is 5.69 Å². The zero-order valence-corrected chi connectivity index (χ0v) is 12.8. The van der Waals surface area contributed by atoms with Gasteiger partial charge in [0.15, 0.2) is 15.7 Å². The van der Waals surface area contributed by atoms with Crippen LogP contribution in [-0.4, -0.2) is 24.3 Å². The van der Waals surface area contributed by atoms with Crippen LogP contribution in [0.25, 0.3) is 0 Å². The largest absolute Gasteiger partial charge is 0.376 e. The molecule has 7 heteroatoms. The Kier molecular flexibility index (Phi) is 4.42. The summed E-state index contributed by atoms with van der Waals surface area (Å²) in [4.78, 5) is 4.35. The Balaban J connectivity index is 2.21. The monoisotopic (exact) mass is 307 g/mol. The van der Waals surface area contributed by atoms with Crippen molar-refractivity contribution in [3.8, 4) is 0 Å². The third kappa shape index (κ3) is 3.69. The van der Waals surface area contributed by atoms with E-state index in [9.17, 15) is 8.42 Å². The highest BCUT2D eigenvalue weighted by molar-refractivity contribution is 7.91. The van der Waals surface area contributed by atoms with E-state index in [0.29, 0.717) is 18.3 Å². The lowest BCUT2D eigenvalue weighted by atomic mass is 10.2. The van der Waals surface area contributed by atoms with Gasteiger partial charge >= 0.3 is 0 Å². The zero-order valence-electron chi connectivity index (χ0n) is 12.0. The molecule has 112 valence electrons. The van der Waals surface area contributed by atoms with Crippen molar-refractivity contribution in [2.45, 2.75) is 25.3 Å². The molecule has 0 atom stereocenters. The SMILES string of the molecule is C=CCS(=O)(=O)c1ccc(C)c(NCc2nc(C)no2)c1. The van der Waals surface area contributed by atoms with Gasteiger partial charge in [0.2, 0.25) is 5.89 Å². The second-order valence-corrected chi connectivity index (χ2v) is 6.67. The number of hydrogen-bond donors (Lipinski definition) is 1. The van der Waals surface area contributed by atoms with Gasteiger partial charge in [-0.1, -0.05) is 17.3 Å². The van der Waals surface area contributed by atoms with Crippen LogP contribution in [0.2, 0.25) is 0 Å². The number of nitrogens with zero attached hydrogens (tertiary/aromatic N) is 2. The number of rotatable bonds is 6. The number of aromatic nitrogens is 2. The van der Waals surface area contributed by atoms with Crippen molar-refractivity contribution in [1.82, 2.24) is 10.1 Å². The van der Waals surface area contributed by atoms with Crippen LogP contribution >= 0.6 is 0 Å². The fourth-order valence-corrected chi connectivity index (χ4v) is 2.89. The van der Waals surface area contributed by atoms with E-state index < -0.39 is 9.84 Å². The molecule has 0 fully saturated rings. The average molecular weight is 307 g/mol. The molecule has 2 aromatic rings. The van der Waals surface area contributed by atoms with Crippen LogP contribution in [0.5, 0.6) is 0 Å². The summed E-state index contributed by atoms with van der Waals surface area (Å²) < 4.78 is 29.1. The molecule has 0 bridgehead atoms. The molecule has 1 N–H and O–H groups in total. The van der Waals surface area contributed by atoms with Gasteiger partial charge in [-0.25, -0.2) is 8.42 Å². The number of aryl methyl sites for hydroxylation is 2. The van der Waals surface area contributed by atoms with Gasteiger partial charge in [-0.05, 0) is 31.5 Å². The van der Waals surface area contributed by atoms with Crippen molar-refractivity contribution in [1.29, 1.82) is 0 Å². The summed E-state index contributed by atoms with van der Waals surface area (Å²) in [6.07, 6.45) is 1.38. The van der Waals surface area contributed by atoms with Crippen molar-refractivity contribution in [2.24, 2.45) is 0 Å². The van der Waals surface area contributed by atoms with Crippen molar-refractivity contribution < 1.29 is 12.9 Å². The van der Waals surface area contributed by atoms with E-state index in [1.165, 1.54) is 6.08 Å². The Morgan fingerprint density at radius 1 is 1.38 bits per heavy atom. The number of hydrogen-bond acceptors (Lipinski definition) is 6. The first-order valence-electron chi connectivity index (χ1n) is 6.40. The van der Waals surface area contributed by atoms with Gasteiger partial charge in [-0.2, -0.15) is 4.98 Å². The maximum absolute atomic E-state index is 12.0. The minimum absolute atomic E-state index is 0.0850. The van der Waals surface area contributed by atoms with Gasteiger partial charge < -0.3 is 9.84 Å². The molecule has 0 saturated carbocycles. The normalized spacial score (nSPS) is 11.3. The summed E-state index contributed by atoms with van der Waals surface area (Å²) in [6.45, 7) is 7.44. The minimum atomic E-state index is -3.34. The lowest BCUT2D eigenvalue weighted by molar-refractivity contribution is 0.379. The van der Waals surface area contributed by atoms with Gasteiger partial charge in [-0.3, -0.25) is 0 Å². The van der Waals surface area contributed by atoms with Crippen molar-refractivity contribution in [2.75, 3.05) is 11.1 Å². The molecule has 2 rings (SSSR count). The molecule has 0 unspecified atom stereocenters. The fraction of sp³-hybridized carbons (Fsp3) is 0.286. The molecule has 1 aromatic carbocycles. The minimum Gasteiger partial charge on any atom is -0.376 e. The molecule has 1 heterocycles. The predicted octanol–water partition coefficient (Wildman–Crippen LogP) is 2.26. The van der Waals surface area contributed by atoms with Crippen LogP contribution in [0, 0.1) is 13.8 Å². The lowest BCUT2D eigenvalue weighted by Gasteiger charge is -2.10. The number of anilines is 1. The van der Waals surface area contributed by atoms with E-state index in [0.717, 1.165) is 11.3 Å². The maximum Gasteiger partial charge on any atom is 0.245 e. The van der Waals surface area contributed by atoms with Gasteiger partial charge in [0.05, 0.1) is 17.2 Å². The highest BCUT2D eigenvalue weighted by atomic mass is 32.2. The molecule has 1 aromatic heterocycles. The van der Waals surface area contributed by atoms with E-state index in [2.05, 4.69) is 22.0 Å². The van der Waals surface area contributed by atoms with Crippen LogP contribution < -0.4 is 5.32 Å². The molecule has 0 saturated heterocycles. The standard InChI is InChI=1S/C14H17N3O3S/c1-4-7-21(18,19)12-6-5-10(2)13(8-12)15-9-14-16-11(3)17-20-14/h4-6,8,15H,1,7,9H2,2-3H3. The first-order chi connectivity index (χ1) is 9.92. The average Bonchev–Trinajstić information content (AvgIpc) is 2.83. The highest BCUT2D eigenvalue weighted by Gasteiger charge is 2.14.